The lowest BCUT2D eigenvalue weighted by atomic mass is 10.00. The maximum Gasteiger partial charge on any atom is 0.227 e. The number of nitrogens with zero attached hydrogens (tertiary/aromatic N) is 2. The minimum absolute atomic E-state index is 0.445. The number of fused-ring (bicyclic) bond motifs is 1. The number of aromatic nitrogens is 1. The molecule has 0 spiro atoms. The van der Waals surface area contributed by atoms with Crippen LogP contribution in [0.2, 0.25) is 0 Å². The van der Waals surface area contributed by atoms with E-state index < -0.39 is 189 Å². The SMILES string of the molecule is [2H]c1c([2H])c([2H])c(-c2c([2H])c([2H])c(-c3nc4c([2H])c([2H])c(N(c5c([2H])c([2H])c([2H])c(-c6c([2H])c([2H])c([2H])c([2H])c6[2H])c5[2H])C(C)(C)C)c([2H])c4o3)c([2H])c2[2H])c([2H])c1[2H]. The molecule has 0 aliphatic heterocycles. The number of benzene rings is 5. The zero-order valence-electron chi connectivity index (χ0n) is 41.3. The molecule has 38 heavy (non-hydrogen) atoms. The fourth-order valence-corrected chi connectivity index (χ4v) is 3.61. The zero-order chi connectivity index (χ0) is 44.4. The molecule has 0 unspecified atom stereocenters. The monoisotopic (exact) mass is 515 g/mol. The van der Waals surface area contributed by atoms with E-state index in [-0.39, 0.29) is 0 Å². The van der Waals surface area contributed by atoms with Crippen LogP contribution in [0.15, 0.2) is 131 Å². The summed E-state index contributed by atoms with van der Waals surface area (Å²) < 4.78 is 186. The lowest BCUT2D eigenvalue weighted by molar-refractivity contribution is 0.560. The van der Waals surface area contributed by atoms with Gasteiger partial charge in [0, 0.05) is 28.5 Å². The van der Waals surface area contributed by atoms with Gasteiger partial charge >= 0.3 is 0 Å². The van der Waals surface area contributed by atoms with Gasteiger partial charge < -0.3 is 9.32 Å². The normalized spacial score (nSPS) is 19.3. The van der Waals surface area contributed by atoms with E-state index in [4.69, 9.17) is 30.5 Å². The Hall–Kier alpha value is -4.63. The maximum atomic E-state index is 9.28. The Morgan fingerprint density at radius 1 is 0.579 bits per heavy atom. The van der Waals surface area contributed by atoms with Crippen LogP contribution in [0, 0.1) is 0 Å². The summed E-state index contributed by atoms with van der Waals surface area (Å²) >= 11 is 0. The molecule has 0 aliphatic rings. The molecule has 0 N–H and O–H groups in total. The second-order valence-electron chi connectivity index (χ2n) is 8.90. The van der Waals surface area contributed by atoms with Crippen LogP contribution in [0.4, 0.5) is 11.4 Å². The molecule has 3 nitrogen and oxygen atoms in total. The van der Waals surface area contributed by atoms with E-state index in [1.54, 1.807) is 0 Å². The van der Waals surface area contributed by atoms with Gasteiger partial charge in [-0.05, 0) is 79.3 Å². The van der Waals surface area contributed by atoms with E-state index in [0.29, 0.717) is 0 Å². The van der Waals surface area contributed by atoms with Crippen LogP contribution in [0.5, 0.6) is 0 Å². The van der Waals surface area contributed by atoms with Crippen LogP contribution < -0.4 is 4.90 Å². The third-order valence-electron chi connectivity index (χ3n) is 5.23. The molecule has 0 amide bonds. The maximum absolute atomic E-state index is 9.28. The van der Waals surface area contributed by atoms with Crippen molar-refractivity contribution < 1.29 is 33.2 Å². The molecule has 6 rings (SSSR count). The van der Waals surface area contributed by atoms with Gasteiger partial charge in [-0.25, -0.2) is 4.98 Å². The molecule has 0 radical (unpaired) electrons. The van der Waals surface area contributed by atoms with Gasteiger partial charge in [-0.3, -0.25) is 0 Å². The van der Waals surface area contributed by atoms with Gasteiger partial charge in [-0.2, -0.15) is 0 Å². The van der Waals surface area contributed by atoms with Crippen molar-refractivity contribution in [3.05, 3.63) is 127 Å². The predicted octanol–water partition coefficient (Wildman–Crippen LogP) is 9.77. The number of hydrogen-bond acceptors (Lipinski definition) is 3. The summed E-state index contributed by atoms with van der Waals surface area (Å²) in [4.78, 5) is 5.26. The minimum atomic E-state index is -1.34. The average Bonchev–Trinajstić information content (AvgIpc) is 3.62. The molecule has 0 fully saturated rings. The van der Waals surface area contributed by atoms with Gasteiger partial charge in [0.1, 0.15) is 5.52 Å². The fraction of sp³-hybridized carbons (Fsp3) is 0.114. The average molecular weight is 516 g/mol. The van der Waals surface area contributed by atoms with Crippen LogP contribution in [0.25, 0.3) is 44.8 Å². The van der Waals surface area contributed by atoms with Crippen molar-refractivity contribution in [3.63, 3.8) is 0 Å². The molecule has 0 atom stereocenters. The first-order chi connectivity index (χ1) is 27.2. The van der Waals surface area contributed by atoms with E-state index in [1.807, 2.05) is 0 Å². The lowest BCUT2D eigenvalue weighted by Crippen LogP contribution is -2.37. The largest absolute Gasteiger partial charge is 0.436 e. The number of oxazole rings is 1. The van der Waals surface area contributed by atoms with E-state index >= 15 is 0 Å². The third-order valence-corrected chi connectivity index (χ3v) is 5.23. The van der Waals surface area contributed by atoms with Gasteiger partial charge in [-0.15, -0.1) is 0 Å². The highest BCUT2D eigenvalue weighted by atomic mass is 16.3. The molecule has 6 aromatic rings. The Balaban J connectivity index is 1.65. The van der Waals surface area contributed by atoms with Gasteiger partial charge in [0.05, 0.1) is 28.8 Å². The summed E-state index contributed by atoms with van der Waals surface area (Å²) in [6, 6.07) is -16.3. The molecule has 1 heterocycles. The van der Waals surface area contributed by atoms with Crippen molar-refractivity contribution in [3.8, 4) is 33.7 Å². The summed E-state index contributed by atoms with van der Waals surface area (Å²) in [5.74, 6) is -0.650. The highest BCUT2D eigenvalue weighted by molar-refractivity contribution is 5.83. The molecular formula is C35H30N2O. The highest BCUT2D eigenvalue weighted by Crippen LogP contribution is 2.37. The molecule has 0 saturated carbocycles. The topological polar surface area (TPSA) is 29.3 Å². The molecule has 1 aromatic heterocycles. The van der Waals surface area contributed by atoms with Gasteiger partial charge in [0.25, 0.3) is 0 Å². The molecular weight excluding hydrogens is 464 g/mol. The van der Waals surface area contributed by atoms with Crippen molar-refractivity contribution in [1.29, 1.82) is 0 Å². The van der Waals surface area contributed by atoms with Crippen molar-refractivity contribution in [2.24, 2.45) is 0 Å². The standard InChI is InChI=1S/C35H30N2O/c1-35(2,3)37(30-16-10-15-29(23-30)26-13-8-5-9-14-26)31-21-22-32-33(24-31)38-34(36-32)28-19-17-27(18-20-28)25-11-6-4-7-12-25/h4-24H,1-3H3/i4D,5D,6D,7D,8D,9D,10D,11D,12D,13D,14D,15D,16D,17D,18D,19D,20D,21D,22D,23D,24D. The molecule has 3 heteroatoms. The molecule has 0 saturated heterocycles. The van der Waals surface area contributed by atoms with Crippen molar-refractivity contribution >= 4 is 22.5 Å². The Kier molecular flexibility index (Phi) is 2.53. The van der Waals surface area contributed by atoms with E-state index in [1.165, 1.54) is 20.8 Å². The highest BCUT2D eigenvalue weighted by Gasteiger charge is 2.25. The van der Waals surface area contributed by atoms with Gasteiger partial charge in [-0.1, -0.05) is 84.6 Å². The summed E-state index contributed by atoms with van der Waals surface area (Å²) in [5, 5.41) is 0. The second kappa shape index (κ2) is 9.68. The number of hydrogen-bond donors (Lipinski definition) is 0. The summed E-state index contributed by atoms with van der Waals surface area (Å²) in [5.41, 5.74) is -6.31. The summed E-state index contributed by atoms with van der Waals surface area (Å²) in [7, 11) is 0. The molecule has 0 aliphatic carbocycles. The predicted molar refractivity (Wildman–Crippen MR) is 159 cm³/mol. The minimum Gasteiger partial charge on any atom is -0.436 e. The Labute approximate surface area is 253 Å². The Morgan fingerprint density at radius 3 is 1.79 bits per heavy atom. The van der Waals surface area contributed by atoms with Crippen LogP contribution in [0.3, 0.4) is 0 Å². The van der Waals surface area contributed by atoms with Gasteiger partial charge in [0.2, 0.25) is 5.89 Å². The Bertz CT molecular complexity index is 2760. The first-order valence-corrected chi connectivity index (χ1v) is 11.3. The van der Waals surface area contributed by atoms with E-state index in [0.717, 1.165) is 4.90 Å². The van der Waals surface area contributed by atoms with Crippen molar-refractivity contribution in [2.75, 3.05) is 4.90 Å². The Morgan fingerprint density at radius 2 is 1.13 bits per heavy atom. The van der Waals surface area contributed by atoms with Crippen molar-refractivity contribution in [2.45, 2.75) is 26.3 Å². The molecule has 5 aromatic carbocycles. The first kappa shape index (κ1) is 9.92. The fourth-order valence-electron chi connectivity index (χ4n) is 3.61. The van der Waals surface area contributed by atoms with Gasteiger partial charge in [0.15, 0.2) is 5.58 Å². The van der Waals surface area contributed by atoms with Crippen LogP contribution in [-0.2, 0) is 0 Å². The zero-order valence-corrected chi connectivity index (χ0v) is 20.3. The third kappa shape index (κ3) is 4.71. The van der Waals surface area contributed by atoms with E-state index in [2.05, 4.69) is 4.98 Å². The van der Waals surface area contributed by atoms with E-state index in [9.17, 15) is 2.74 Å². The summed E-state index contributed by atoms with van der Waals surface area (Å²) in [6.07, 6.45) is 0. The second-order valence-corrected chi connectivity index (χ2v) is 8.90. The number of anilines is 2. The van der Waals surface area contributed by atoms with Crippen LogP contribution in [-0.4, -0.2) is 10.5 Å². The van der Waals surface area contributed by atoms with Crippen LogP contribution in [0.1, 0.15) is 49.6 Å². The smallest absolute Gasteiger partial charge is 0.227 e. The summed E-state index contributed by atoms with van der Waals surface area (Å²) in [6.45, 7) is 4.61. The quantitative estimate of drug-likeness (QED) is 0.229. The van der Waals surface area contributed by atoms with Crippen LogP contribution >= 0.6 is 0 Å². The molecule has 186 valence electrons. The lowest BCUT2D eigenvalue weighted by Gasteiger charge is -2.38. The van der Waals surface area contributed by atoms with Crippen molar-refractivity contribution in [1.82, 2.24) is 4.98 Å². The number of rotatable bonds is 5. The first-order valence-electron chi connectivity index (χ1n) is 21.8. The molecule has 0 bridgehead atoms.